The van der Waals surface area contributed by atoms with E-state index in [0.29, 0.717) is 33.9 Å². The van der Waals surface area contributed by atoms with Crippen LogP contribution in [0.5, 0.6) is 0 Å². The molecule has 1 unspecified atom stereocenters. The van der Waals surface area contributed by atoms with Crippen LogP contribution in [0, 0.1) is 6.92 Å². The van der Waals surface area contributed by atoms with E-state index in [4.69, 9.17) is 11.6 Å². The van der Waals surface area contributed by atoms with Crippen LogP contribution in [-0.4, -0.2) is 20.2 Å². The van der Waals surface area contributed by atoms with Crippen LogP contribution in [0.15, 0.2) is 71.6 Å². The number of halogens is 1. The Hall–Kier alpha value is -3.20. The average Bonchev–Trinajstić information content (AvgIpc) is 2.80. The van der Waals surface area contributed by atoms with Crippen molar-refractivity contribution in [3.8, 4) is 0 Å². The first-order valence-corrected chi connectivity index (χ1v) is 12.2. The highest BCUT2D eigenvalue weighted by Gasteiger charge is 2.28. The number of benzene rings is 3. The van der Waals surface area contributed by atoms with Crippen LogP contribution in [-0.2, 0) is 26.0 Å². The number of hydrogen-bond acceptors (Lipinski definition) is 4. The molecule has 0 saturated heterocycles. The SMILES string of the molecule is Cc1c(Cl)cccc1NC(=O)C(NS(=O)(=O)c1ccc2c(c1)CCC(=O)N2)c1ccccc1. The lowest BCUT2D eigenvalue weighted by atomic mass is 10.0. The largest absolute Gasteiger partial charge is 0.326 e. The van der Waals surface area contributed by atoms with Gasteiger partial charge in [0.15, 0.2) is 0 Å². The van der Waals surface area contributed by atoms with Gasteiger partial charge in [-0.05, 0) is 60.4 Å². The molecule has 2 amide bonds. The molecule has 0 fully saturated rings. The Morgan fingerprint density at radius 1 is 1.03 bits per heavy atom. The Kier molecular flexibility index (Phi) is 6.51. The maximum Gasteiger partial charge on any atom is 0.247 e. The Labute approximate surface area is 197 Å². The summed E-state index contributed by atoms with van der Waals surface area (Å²) >= 11 is 6.16. The smallest absolute Gasteiger partial charge is 0.247 e. The van der Waals surface area contributed by atoms with Gasteiger partial charge in [-0.2, -0.15) is 4.72 Å². The Bertz CT molecular complexity index is 1330. The summed E-state index contributed by atoms with van der Waals surface area (Å²) in [6, 6.07) is 17.1. The van der Waals surface area contributed by atoms with E-state index in [0.717, 1.165) is 5.56 Å². The van der Waals surface area contributed by atoms with Gasteiger partial charge in [-0.25, -0.2) is 8.42 Å². The molecule has 0 aliphatic carbocycles. The third-order valence-electron chi connectivity index (χ3n) is 5.48. The Morgan fingerprint density at radius 2 is 1.79 bits per heavy atom. The molecule has 0 aromatic heterocycles. The van der Waals surface area contributed by atoms with Crippen molar-refractivity contribution >= 4 is 44.8 Å². The minimum absolute atomic E-state index is 0.0186. The molecule has 170 valence electrons. The van der Waals surface area contributed by atoms with Crippen LogP contribution >= 0.6 is 11.6 Å². The van der Waals surface area contributed by atoms with Gasteiger partial charge in [0, 0.05) is 22.8 Å². The number of aryl methyl sites for hydroxylation is 1. The van der Waals surface area contributed by atoms with E-state index in [1.54, 1.807) is 61.5 Å². The maximum absolute atomic E-state index is 13.2. The summed E-state index contributed by atoms with van der Waals surface area (Å²) in [4.78, 5) is 24.8. The second-order valence-electron chi connectivity index (χ2n) is 7.73. The summed E-state index contributed by atoms with van der Waals surface area (Å²) in [6.45, 7) is 1.77. The second kappa shape index (κ2) is 9.35. The minimum Gasteiger partial charge on any atom is -0.326 e. The molecule has 1 aliphatic heterocycles. The van der Waals surface area contributed by atoms with Gasteiger partial charge in [-0.1, -0.05) is 48.0 Å². The molecule has 0 bridgehead atoms. The first kappa shape index (κ1) is 23.0. The fraction of sp³-hybridized carbons (Fsp3) is 0.167. The van der Waals surface area contributed by atoms with Crippen LogP contribution in [0.1, 0.15) is 29.2 Å². The molecule has 0 saturated carbocycles. The summed E-state index contributed by atoms with van der Waals surface area (Å²) in [5.41, 5.74) is 2.99. The monoisotopic (exact) mass is 483 g/mol. The summed E-state index contributed by atoms with van der Waals surface area (Å²) < 4.78 is 29.0. The first-order chi connectivity index (χ1) is 15.7. The van der Waals surface area contributed by atoms with E-state index >= 15 is 0 Å². The molecule has 1 atom stereocenters. The van der Waals surface area contributed by atoms with E-state index in [1.807, 2.05) is 0 Å². The Morgan fingerprint density at radius 3 is 2.55 bits per heavy atom. The lowest BCUT2D eigenvalue weighted by Crippen LogP contribution is -2.37. The summed E-state index contributed by atoms with van der Waals surface area (Å²) in [6.07, 6.45) is 0.735. The minimum atomic E-state index is -4.06. The third kappa shape index (κ3) is 5.08. The van der Waals surface area contributed by atoms with Crippen LogP contribution in [0.3, 0.4) is 0 Å². The van der Waals surface area contributed by atoms with E-state index in [-0.39, 0.29) is 17.2 Å². The third-order valence-corrected chi connectivity index (χ3v) is 7.31. The molecule has 4 rings (SSSR count). The van der Waals surface area contributed by atoms with Gasteiger partial charge in [0.05, 0.1) is 4.90 Å². The highest BCUT2D eigenvalue weighted by Crippen LogP contribution is 2.28. The number of nitrogens with one attached hydrogen (secondary N) is 3. The number of amides is 2. The molecule has 3 aromatic rings. The molecular formula is C24H22ClN3O4S. The summed E-state index contributed by atoms with van der Waals surface area (Å²) in [7, 11) is -4.06. The lowest BCUT2D eigenvalue weighted by Gasteiger charge is -2.21. The Balaban J connectivity index is 1.65. The van der Waals surface area contributed by atoms with Gasteiger partial charge in [0.1, 0.15) is 6.04 Å². The van der Waals surface area contributed by atoms with Crippen molar-refractivity contribution in [2.75, 3.05) is 10.6 Å². The van der Waals surface area contributed by atoms with Gasteiger partial charge in [-0.3, -0.25) is 9.59 Å². The fourth-order valence-electron chi connectivity index (χ4n) is 3.62. The highest BCUT2D eigenvalue weighted by molar-refractivity contribution is 7.89. The van der Waals surface area contributed by atoms with Crippen LogP contribution in [0.4, 0.5) is 11.4 Å². The van der Waals surface area contributed by atoms with Gasteiger partial charge in [-0.15, -0.1) is 0 Å². The normalized spacial score (nSPS) is 14.2. The number of anilines is 2. The molecule has 3 aromatic carbocycles. The average molecular weight is 484 g/mol. The highest BCUT2D eigenvalue weighted by atomic mass is 35.5. The summed E-state index contributed by atoms with van der Waals surface area (Å²) in [5, 5.41) is 6.00. The predicted molar refractivity (Wildman–Crippen MR) is 128 cm³/mol. The van der Waals surface area contributed by atoms with Crippen molar-refractivity contribution in [3.63, 3.8) is 0 Å². The van der Waals surface area contributed by atoms with Crippen LogP contribution < -0.4 is 15.4 Å². The zero-order valence-electron chi connectivity index (χ0n) is 17.8. The first-order valence-electron chi connectivity index (χ1n) is 10.3. The van der Waals surface area contributed by atoms with Crippen molar-refractivity contribution < 1.29 is 18.0 Å². The molecule has 3 N–H and O–H groups in total. The van der Waals surface area contributed by atoms with Crippen molar-refractivity contribution in [1.29, 1.82) is 0 Å². The predicted octanol–water partition coefficient (Wildman–Crippen LogP) is 4.19. The van der Waals surface area contributed by atoms with Crippen LogP contribution in [0.25, 0.3) is 0 Å². The summed E-state index contributed by atoms with van der Waals surface area (Å²) in [5.74, 6) is -0.645. The fourth-order valence-corrected chi connectivity index (χ4v) is 5.02. The van der Waals surface area contributed by atoms with Crippen molar-refractivity contribution in [2.45, 2.75) is 30.7 Å². The standard InChI is InChI=1S/C24H22ClN3O4S/c1-15-19(25)8-5-9-20(15)27-24(30)23(16-6-3-2-4-7-16)28-33(31,32)18-11-12-21-17(14-18)10-13-22(29)26-21/h2-9,11-12,14,23,28H,10,13H2,1H3,(H,26,29)(H,27,30). The number of carbonyl (C=O) groups excluding carboxylic acids is 2. The van der Waals surface area contributed by atoms with E-state index in [9.17, 15) is 18.0 Å². The number of hydrogen-bond donors (Lipinski definition) is 3. The number of carbonyl (C=O) groups is 2. The molecule has 1 heterocycles. The van der Waals surface area contributed by atoms with E-state index < -0.39 is 22.0 Å². The maximum atomic E-state index is 13.2. The van der Waals surface area contributed by atoms with Crippen molar-refractivity contribution in [1.82, 2.24) is 4.72 Å². The zero-order valence-corrected chi connectivity index (χ0v) is 19.3. The lowest BCUT2D eigenvalue weighted by molar-refractivity contribution is -0.118. The number of sulfonamides is 1. The number of rotatable bonds is 6. The van der Waals surface area contributed by atoms with E-state index in [2.05, 4.69) is 15.4 Å². The second-order valence-corrected chi connectivity index (χ2v) is 9.85. The molecule has 7 nitrogen and oxygen atoms in total. The molecule has 0 spiro atoms. The van der Waals surface area contributed by atoms with Crippen molar-refractivity contribution in [2.24, 2.45) is 0 Å². The molecule has 0 radical (unpaired) electrons. The molecule has 1 aliphatic rings. The van der Waals surface area contributed by atoms with Gasteiger partial charge in [0.25, 0.3) is 0 Å². The van der Waals surface area contributed by atoms with Crippen molar-refractivity contribution in [3.05, 3.63) is 88.4 Å². The van der Waals surface area contributed by atoms with Crippen LogP contribution in [0.2, 0.25) is 5.02 Å². The van der Waals surface area contributed by atoms with Gasteiger partial charge in [0.2, 0.25) is 21.8 Å². The molecule has 9 heteroatoms. The molecular weight excluding hydrogens is 462 g/mol. The van der Waals surface area contributed by atoms with Gasteiger partial charge >= 0.3 is 0 Å². The number of fused-ring (bicyclic) bond motifs is 1. The topological polar surface area (TPSA) is 104 Å². The molecule has 33 heavy (non-hydrogen) atoms. The van der Waals surface area contributed by atoms with Gasteiger partial charge < -0.3 is 10.6 Å². The zero-order chi connectivity index (χ0) is 23.6. The quantitative estimate of drug-likeness (QED) is 0.489. The van der Waals surface area contributed by atoms with E-state index in [1.165, 1.54) is 12.1 Å².